The molecule has 1 aliphatic rings. The minimum atomic E-state index is -0.900. The zero-order chi connectivity index (χ0) is 19.7. The molecular weight excluding hydrogens is 370 g/mol. The van der Waals surface area contributed by atoms with E-state index in [1.54, 1.807) is 12.1 Å². The minimum Gasteiger partial charge on any atom is -0.478 e. The van der Waals surface area contributed by atoms with E-state index in [2.05, 4.69) is 0 Å². The Labute approximate surface area is 169 Å². The Balaban J connectivity index is 1.98. The zero-order valence-electron chi connectivity index (χ0n) is 15.3. The van der Waals surface area contributed by atoms with Gasteiger partial charge in [-0.15, -0.1) is 0 Å². The van der Waals surface area contributed by atoms with Crippen molar-refractivity contribution in [1.29, 1.82) is 0 Å². The number of hydrogen-bond acceptors (Lipinski definition) is 2. The first-order valence-corrected chi connectivity index (χ1v) is 9.62. The predicted octanol–water partition coefficient (Wildman–Crippen LogP) is 5.92. The van der Waals surface area contributed by atoms with Gasteiger partial charge in [0, 0.05) is 10.7 Å². The molecule has 0 heterocycles. The van der Waals surface area contributed by atoms with Crippen molar-refractivity contribution in [2.24, 2.45) is 0 Å². The van der Waals surface area contributed by atoms with Gasteiger partial charge in [-0.1, -0.05) is 41.9 Å². The molecule has 1 aliphatic carbocycles. The Morgan fingerprint density at radius 2 is 1.57 bits per heavy atom. The van der Waals surface area contributed by atoms with Crippen LogP contribution >= 0.6 is 11.6 Å². The first kappa shape index (κ1) is 18.3. The summed E-state index contributed by atoms with van der Waals surface area (Å²) in [5.41, 5.74) is 13.7. The van der Waals surface area contributed by atoms with E-state index in [9.17, 15) is 9.90 Å². The van der Waals surface area contributed by atoms with Gasteiger partial charge in [0.1, 0.15) is 0 Å². The number of nitrogen functional groups attached to an aromatic ring is 1. The fourth-order valence-electron chi connectivity index (χ4n) is 3.84. The van der Waals surface area contributed by atoms with E-state index in [-0.39, 0.29) is 0 Å². The molecule has 0 saturated heterocycles. The highest BCUT2D eigenvalue weighted by Crippen LogP contribution is 2.40. The van der Waals surface area contributed by atoms with Crippen LogP contribution in [0.3, 0.4) is 0 Å². The van der Waals surface area contributed by atoms with Gasteiger partial charge in [0.05, 0.1) is 5.56 Å². The van der Waals surface area contributed by atoms with Crippen LogP contribution in [0.2, 0.25) is 5.02 Å². The maximum atomic E-state index is 11.4. The smallest absolute Gasteiger partial charge is 0.335 e. The Morgan fingerprint density at radius 3 is 2.25 bits per heavy atom. The molecule has 0 spiro atoms. The van der Waals surface area contributed by atoms with Crippen LogP contribution in [-0.2, 0) is 6.42 Å². The second-order valence-corrected chi connectivity index (χ2v) is 7.45. The summed E-state index contributed by atoms with van der Waals surface area (Å²) in [5, 5.41) is 10.1. The number of aryl methyl sites for hydroxylation is 1. The van der Waals surface area contributed by atoms with Gasteiger partial charge in [-0.3, -0.25) is 0 Å². The van der Waals surface area contributed by atoms with Crippen LogP contribution in [0.25, 0.3) is 11.1 Å². The standard InChI is InChI=1S/C24H20ClNO2/c25-19-9-4-15(5-10-19)21-3-1-2-17-14-18(24(27)28)8-13-22(17)23(21)16-6-11-20(26)12-7-16/h4-14H,1-3,26H2,(H,27,28). The Morgan fingerprint density at radius 1 is 0.893 bits per heavy atom. The third-order valence-corrected chi connectivity index (χ3v) is 5.44. The number of allylic oxidation sites excluding steroid dienone is 1. The lowest BCUT2D eigenvalue weighted by atomic mass is 9.87. The molecule has 0 bridgehead atoms. The molecule has 140 valence electrons. The summed E-state index contributed by atoms with van der Waals surface area (Å²) >= 11 is 6.10. The lowest BCUT2D eigenvalue weighted by Crippen LogP contribution is -2.01. The quantitative estimate of drug-likeness (QED) is 0.547. The van der Waals surface area contributed by atoms with Crippen molar-refractivity contribution in [3.05, 3.63) is 99.6 Å². The number of rotatable bonds is 3. The first-order valence-electron chi connectivity index (χ1n) is 9.24. The topological polar surface area (TPSA) is 63.3 Å². The molecule has 0 fully saturated rings. The molecule has 3 aromatic carbocycles. The monoisotopic (exact) mass is 389 g/mol. The van der Waals surface area contributed by atoms with Crippen molar-refractivity contribution in [2.45, 2.75) is 19.3 Å². The van der Waals surface area contributed by atoms with Crippen LogP contribution in [0.15, 0.2) is 66.7 Å². The lowest BCUT2D eigenvalue weighted by Gasteiger charge is -2.17. The van der Waals surface area contributed by atoms with Crippen molar-refractivity contribution in [3.8, 4) is 0 Å². The van der Waals surface area contributed by atoms with Crippen LogP contribution in [0.1, 0.15) is 45.5 Å². The molecular formula is C24H20ClNO2. The van der Waals surface area contributed by atoms with Crippen LogP contribution in [0, 0.1) is 0 Å². The van der Waals surface area contributed by atoms with Crippen LogP contribution in [0.5, 0.6) is 0 Å². The lowest BCUT2D eigenvalue weighted by molar-refractivity contribution is 0.0696. The summed E-state index contributed by atoms with van der Waals surface area (Å²) in [6.07, 6.45) is 2.69. The fraction of sp³-hybridized carbons (Fsp3) is 0.125. The second-order valence-electron chi connectivity index (χ2n) is 7.01. The molecule has 0 radical (unpaired) electrons. The highest BCUT2D eigenvalue weighted by Gasteiger charge is 2.21. The van der Waals surface area contributed by atoms with Crippen LogP contribution < -0.4 is 5.73 Å². The van der Waals surface area contributed by atoms with Gasteiger partial charge in [0.25, 0.3) is 0 Å². The molecule has 3 N–H and O–H groups in total. The highest BCUT2D eigenvalue weighted by atomic mass is 35.5. The summed E-state index contributed by atoms with van der Waals surface area (Å²) in [7, 11) is 0. The molecule has 0 aliphatic heterocycles. The van der Waals surface area contributed by atoms with Gasteiger partial charge < -0.3 is 10.8 Å². The van der Waals surface area contributed by atoms with Gasteiger partial charge >= 0.3 is 5.97 Å². The second kappa shape index (κ2) is 7.53. The van der Waals surface area contributed by atoms with Crippen LogP contribution in [0.4, 0.5) is 5.69 Å². The average Bonchev–Trinajstić information content (AvgIpc) is 2.88. The number of aromatic carboxylic acids is 1. The third-order valence-electron chi connectivity index (χ3n) is 5.19. The van der Waals surface area contributed by atoms with Crippen molar-refractivity contribution in [3.63, 3.8) is 0 Å². The number of carboxylic acid groups (broad SMARTS) is 1. The molecule has 28 heavy (non-hydrogen) atoms. The molecule has 0 atom stereocenters. The Hall–Kier alpha value is -3.04. The largest absolute Gasteiger partial charge is 0.478 e. The number of anilines is 1. The van der Waals surface area contributed by atoms with Gasteiger partial charge in [-0.25, -0.2) is 4.79 Å². The number of benzene rings is 3. The van der Waals surface area contributed by atoms with Crippen molar-refractivity contribution < 1.29 is 9.90 Å². The minimum absolute atomic E-state index is 0.324. The molecule has 0 aromatic heterocycles. The van der Waals surface area contributed by atoms with E-state index in [4.69, 9.17) is 17.3 Å². The van der Waals surface area contributed by atoms with E-state index in [1.165, 1.54) is 5.57 Å². The SMILES string of the molecule is Nc1ccc(C2=C(c3ccc(Cl)cc3)CCCc3cc(C(=O)O)ccc32)cc1. The maximum absolute atomic E-state index is 11.4. The summed E-state index contributed by atoms with van der Waals surface area (Å²) in [6.45, 7) is 0. The van der Waals surface area contributed by atoms with Crippen molar-refractivity contribution in [1.82, 2.24) is 0 Å². The van der Waals surface area contributed by atoms with Gasteiger partial charge in [0.2, 0.25) is 0 Å². The molecule has 3 nitrogen and oxygen atoms in total. The Kier molecular flexibility index (Phi) is 4.93. The van der Waals surface area contributed by atoms with Crippen molar-refractivity contribution in [2.75, 3.05) is 5.73 Å². The normalized spacial score (nSPS) is 13.8. The van der Waals surface area contributed by atoms with Crippen LogP contribution in [-0.4, -0.2) is 11.1 Å². The van der Waals surface area contributed by atoms with E-state index >= 15 is 0 Å². The molecule has 0 unspecified atom stereocenters. The number of nitrogens with two attached hydrogens (primary N) is 1. The fourth-order valence-corrected chi connectivity index (χ4v) is 3.97. The Bertz CT molecular complexity index is 1070. The van der Waals surface area contributed by atoms with Crippen molar-refractivity contribution >= 4 is 34.4 Å². The van der Waals surface area contributed by atoms with E-state index < -0.39 is 5.97 Å². The number of halogens is 1. The predicted molar refractivity (Wildman–Crippen MR) is 115 cm³/mol. The molecule has 3 aromatic rings. The molecule has 4 rings (SSSR count). The van der Waals surface area contributed by atoms with Gasteiger partial charge in [-0.2, -0.15) is 0 Å². The first-order chi connectivity index (χ1) is 13.5. The number of fused-ring (bicyclic) bond motifs is 1. The molecule has 4 heteroatoms. The van der Waals surface area contributed by atoms with E-state index in [0.717, 1.165) is 47.1 Å². The van der Waals surface area contributed by atoms with Gasteiger partial charge in [-0.05, 0) is 89.1 Å². The summed E-state index contributed by atoms with van der Waals surface area (Å²) in [4.78, 5) is 11.4. The highest BCUT2D eigenvalue weighted by molar-refractivity contribution is 6.30. The number of carboxylic acids is 1. The van der Waals surface area contributed by atoms with Gasteiger partial charge in [0.15, 0.2) is 0 Å². The zero-order valence-corrected chi connectivity index (χ0v) is 16.0. The van der Waals surface area contributed by atoms with E-state index in [0.29, 0.717) is 16.3 Å². The third kappa shape index (κ3) is 3.54. The summed E-state index contributed by atoms with van der Waals surface area (Å²) < 4.78 is 0. The van der Waals surface area contributed by atoms with E-state index in [1.807, 2.05) is 54.6 Å². The number of carbonyl (C=O) groups is 1. The maximum Gasteiger partial charge on any atom is 0.335 e. The number of hydrogen-bond donors (Lipinski definition) is 2. The average molecular weight is 390 g/mol. The summed E-state index contributed by atoms with van der Waals surface area (Å²) in [5.74, 6) is -0.900. The molecule has 0 amide bonds. The molecule has 0 saturated carbocycles. The summed E-state index contributed by atoms with van der Waals surface area (Å²) in [6, 6.07) is 21.2.